The Balaban J connectivity index is 1.73. The third-order valence-corrected chi connectivity index (χ3v) is 3.74. The number of rotatable bonds is 7. The lowest BCUT2D eigenvalue weighted by Crippen LogP contribution is -2.33. The van der Waals surface area contributed by atoms with E-state index in [1.165, 1.54) is 0 Å². The minimum atomic E-state index is -3.00. The van der Waals surface area contributed by atoms with Crippen LogP contribution < -0.4 is 5.73 Å². The van der Waals surface area contributed by atoms with E-state index in [0.29, 0.717) is 0 Å². The minimum Gasteiger partial charge on any atom is -0.426 e. The van der Waals surface area contributed by atoms with E-state index in [9.17, 15) is 14.2 Å². The fraction of sp³-hybridized carbons (Fsp3) is 0.176. The van der Waals surface area contributed by atoms with Gasteiger partial charge in [0.1, 0.15) is 12.6 Å². The van der Waals surface area contributed by atoms with E-state index in [0.717, 1.165) is 11.1 Å². The molecule has 0 aromatic heterocycles. The zero-order valence-electron chi connectivity index (χ0n) is 13.2. The number of benzene rings is 2. The van der Waals surface area contributed by atoms with Crippen LogP contribution in [-0.4, -0.2) is 18.2 Å². The van der Waals surface area contributed by atoms with Crippen molar-refractivity contribution < 1.29 is 27.9 Å². The number of nitrogens with two attached hydrogens (primary N) is 1. The molecule has 0 aliphatic heterocycles. The first-order chi connectivity index (χ1) is 12.0. The molecular formula is C17H17NO6P+. The second-order valence-corrected chi connectivity index (χ2v) is 5.86. The van der Waals surface area contributed by atoms with Crippen LogP contribution in [0, 0.1) is 0 Å². The SMILES string of the molecule is NC(Cc1ccccc1)C(=O)O[P+](=O)OC(=O)OCc1ccccc1. The van der Waals surface area contributed by atoms with Crippen LogP contribution >= 0.6 is 8.25 Å². The smallest absolute Gasteiger partial charge is 0.426 e. The van der Waals surface area contributed by atoms with E-state index < -0.39 is 26.4 Å². The summed E-state index contributed by atoms with van der Waals surface area (Å²) in [6.45, 7) is -0.0513. The summed E-state index contributed by atoms with van der Waals surface area (Å²) >= 11 is 0. The van der Waals surface area contributed by atoms with Crippen molar-refractivity contribution in [1.29, 1.82) is 0 Å². The van der Waals surface area contributed by atoms with Gasteiger partial charge in [-0.2, -0.15) is 9.32 Å². The molecule has 7 nitrogen and oxygen atoms in total. The van der Waals surface area contributed by atoms with Crippen LogP contribution in [0.5, 0.6) is 0 Å². The van der Waals surface area contributed by atoms with Crippen LogP contribution in [0.25, 0.3) is 0 Å². The van der Waals surface area contributed by atoms with Crippen LogP contribution in [0.15, 0.2) is 60.7 Å². The second-order valence-electron chi connectivity index (χ2n) is 5.05. The Hall–Kier alpha value is -2.76. The van der Waals surface area contributed by atoms with Crippen molar-refractivity contribution in [2.45, 2.75) is 19.1 Å². The molecule has 2 N–H and O–H groups in total. The first-order valence-electron chi connectivity index (χ1n) is 7.42. The van der Waals surface area contributed by atoms with Gasteiger partial charge in [0, 0.05) is 4.57 Å². The van der Waals surface area contributed by atoms with Crippen molar-refractivity contribution in [1.82, 2.24) is 0 Å². The molecule has 2 aromatic rings. The monoisotopic (exact) mass is 362 g/mol. The molecule has 2 rings (SSSR count). The van der Waals surface area contributed by atoms with Gasteiger partial charge in [0.25, 0.3) is 0 Å². The highest BCUT2D eigenvalue weighted by molar-refractivity contribution is 7.34. The predicted molar refractivity (Wildman–Crippen MR) is 89.5 cm³/mol. The molecule has 0 saturated carbocycles. The van der Waals surface area contributed by atoms with Crippen molar-refractivity contribution in [3.63, 3.8) is 0 Å². The maximum Gasteiger partial charge on any atom is 0.815 e. The molecule has 0 aliphatic rings. The first-order valence-corrected chi connectivity index (χ1v) is 8.51. The maximum atomic E-state index is 11.8. The Bertz CT molecular complexity index is 722. The summed E-state index contributed by atoms with van der Waals surface area (Å²) in [6.07, 6.45) is -0.990. The van der Waals surface area contributed by atoms with Gasteiger partial charge in [0.05, 0.1) is 0 Å². The Morgan fingerprint density at radius 3 is 2.08 bits per heavy atom. The third-order valence-electron chi connectivity index (χ3n) is 3.11. The molecule has 0 aliphatic carbocycles. The summed E-state index contributed by atoms with van der Waals surface area (Å²) in [5, 5.41) is 0. The van der Waals surface area contributed by atoms with Crippen molar-refractivity contribution in [3.05, 3.63) is 71.8 Å². The lowest BCUT2D eigenvalue weighted by Gasteiger charge is -2.05. The van der Waals surface area contributed by atoms with Gasteiger partial charge >= 0.3 is 20.4 Å². The summed E-state index contributed by atoms with van der Waals surface area (Å²) in [5.41, 5.74) is 7.25. The Morgan fingerprint density at radius 1 is 0.920 bits per heavy atom. The molecule has 0 bridgehead atoms. The molecule has 25 heavy (non-hydrogen) atoms. The average molecular weight is 362 g/mol. The summed E-state index contributed by atoms with van der Waals surface area (Å²) in [4.78, 5) is 23.2. The van der Waals surface area contributed by atoms with Crippen molar-refractivity contribution in [3.8, 4) is 0 Å². The zero-order valence-corrected chi connectivity index (χ0v) is 14.1. The number of carbonyl (C=O) groups excluding carboxylic acids is 2. The summed E-state index contributed by atoms with van der Waals surface area (Å²) < 4.78 is 25.2. The van der Waals surface area contributed by atoms with Gasteiger partial charge in [0.15, 0.2) is 0 Å². The minimum absolute atomic E-state index is 0.0513. The fourth-order valence-electron chi connectivity index (χ4n) is 1.91. The molecule has 2 unspecified atom stereocenters. The maximum absolute atomic E-state index is 11.8. The van der Waals surface area contributed by atoms with Crippen molar-refractivity contribution in [2.75, 3.05) is 0 Å². The molecule has 0 fully saturated rings. The normalized spacial score (nSPS) is 12.0. The van der Waals surface area contributed by atoms with Crippen molar-refractivity contribution >= 4 is 20.4 Å². The fourth-order valence-corrected chi connectivity index (χ4v) is 2.41. The molecule has 2 aromatic carbocycles. The summed E-state index contributed by atoms with van der Waals surface area (Å²) in [5.74, 6) is -0.930. The second kappa shape index (κ2) is 9.52. The molecule has 0 saturated heterocycles. The van der Waals surface area contributed by atoms with Gasteiger partial charge in [-0.1, -0.05) is 60.7 Å². The van der Waals surface area contributed by atoms with Gasteiger partial charge in [-0.05, 0) is 17.5 Å². The topological polar surface area (TPSA) is 105 Å². The van der Waals surface area contributed by atoms with Gasteiger partial charge in [-0.3, -0.25) is 0 Å². The molecule has 0 amide bonds. The Kier molecular flexibility index (Phi) is 7.07. The highest BCUT2D eigenvalue weighted by Gasteiger charge is 2.35. The number of hydrogen-bond acceptors (Lipinski definition) is 7. The highest BCUT2D eigenvalue weighted by atomic mass is 31.1. The van der Waals surface area contributed by atoms with E-state index >= 15 is 0 Å². The third kappa shape index (κ3) is 6.71. The van der Waals surface area contributed by atoms with E-state index in [4.69, 9.17) is 10.5 Å². The van der Waals surface area contributed by atoms with Crippen molar-refractivity contribution in [2.24, 2.45) is 5.73 Å². The standard InChI is InChI=1S/C17H17NO6P/c18-15(11-13-7-3-1-4-8-13)16(19)23-25(21)24-17(20)22-12-14-9-5-2-6-10-14/h1-10,15H,11-12,18H2/q+1. The summed E-state index contributed by atoms with van der Waals surface area (Å²) in [7, 11) is -3.00. The molecule has 0 radical (unpaired) electrons. The van der Waals surface area contributed by atoms with Crippen LogP contribution in [0.3, 0.4) is 0 Å². The molecule has 0 heterocycles. The van der Waals surface area contributed by atoms with E-state index in [2.05, 4.69) is 9.05 Å². The average Bonchev–Trinajstić information content (AvgIpc) is 2.61. The Morgan fingerprint density at radius 2 is 1.48 bits per heavy atom. The number of hydrogen-bond donors (Lipinski definition) is 1. The summed E-state index contributed by atoms with van der Waals surface area (Å²) in [6, 6.07) is 16.9. The molecule has 2 atom stereocenters. The molecule has 0 spiro atoms. The predicted octanol–water partition coefficient (Wildman–Crippen LogP) is 3.11. The quantitative estimate of drug-likeness (QED) is 0.596. The van der Waals surface area contributed by atoms with E-state index in [1.807, 2.05) is 12.1 Å². The number of carbonyl (C=O) groups is 2. The van der Waals surface area contributed by atoms with E-state index in [1.54, 1.807) is 48.5 Å². The lowest BCUT2D eigenvalue weighted by molar-refractivity contribution is -0.135. The van der Waals surface area contributed by atoms with Crippen LogP contribution in [0.2, 0.25) is 0 Å². The molecule has 130 valence electrons. The molecular weight excluding hydrogens is 345 g/mol. The van der Waals surface area contributed by atoms with Crippen LogP contribution in [0.4, 0.5) is 4.79 Å². The van der Waals surface area contributed by atoms with Crippen LogP contribution in [0.1, 0.15) is 11.1 Å². The van der Waals surface area contributed by atoms with E-state index in [-0.39, 0.29) is 13.0 Å². The van der Waals surface area contributed by atoms with Gasteiger partial charge in [-0.15, -0.1) is 4.52 Å². The largest absolute Gasteiger partial charge is 0.815 e. The zero-order chi connectivity index (χ0) is 18.1. The van der Waals surface area contributed by atoms with Gasteiger partial charge < -0.3 is 10.5 Å². The number of ether oxygens (including phenoxy) is 1. The van der Waals surface area contributed by atoms with Crippen LogP contribution in [-0.2, 0) is 36.2 Å². The Labute approximate surface area is 145 Å². The first kappa shape index (κ1) is 18.6. The lowest BCUT2D eigenvalue weighted by atomic mass is 10.1. The van der Waals surface area contributed by atoms with Gasteiger partial charge in [-0.25, -0.2) is 4.79 Å². The molecule has 8 heteroatoms. The van der Waals surface area contributed by atoms with Gasteiger partial charge in [0.2, 0.25) is 0 Å². The highest BCUT2D eigenvalue weighted by Crippen LogP contribution is 2.25.